The first-order valence-corrected chi connectivity index (χ1v) is 8.70. The molecule has 1 rings (SSSR count). The first-order chi connectivity index (χ1) is 9.56. The number of amides is 2. The average Bonchev–Trinajstić information content (AvgIpc) is 2.70. The first kappa shape index (κ1) is 17.1. The van der Waals surface area contributed by atoms with E-state index in [0.29, 0.717) is 6.42 Å². The fraction of sp³-hybridized carbons (Fsp3) is 0.857. The Bertz CT molecular complexity index is 318. The van der Waals surface area contributed by atoms with Crippen molar-refractivity contribution in [3.63, 3.8) is 0 Å². The van der Waals surface area contributed by atoms with Crippen molar-refractivity contribution in [2.45, 2.75) is 57.0 Å². The third-order valence-electron chi connectivity index (χ3n) is 3.90. The van der Waals surface area contributed by atoms with Gasteiger partial charge in [0.2, 0.25) is 0 Å². The van der Waals surface area contributed by atoms with Crippen molar-refractivity contribution in [1.82, 2.24) is 10.2 Å². The minimum absolute atomic E-state index is 0.243. The summed E-state index contributed by atoms with van der Waals surface area (Å²) in [5.74, 6) is -0.230. The maximum absolute atomic E-state index is 12.2. The smallest absolute Gasteiger partial charge is 0.326 e. The molecule has 0 unspecified atom stereocenters. The monoisotopic (exact) mass is 302 g/mol. The quantitative estimate of drug-likeness (QED) is 0.740. The minimum Gasteiger partial charge on any atom is -0.480 e. The number of urea groups is 1. The van der Waals surface area contributed by atoms with Crippen LogP contribution >= 0.6 is 11.8 Å². The third kappa shape index (κ3) is 5.61. The van der Waals surface area contributed by atoms with Gasteiger partial charge in [-0.25, -0.2) is 9.59 Å². The van der Waals surface area contributed by atoms with Crippen LogP contribution < -0.4 is 5.32 Å². The van der Waals surface area contributed by atoms with Gasteiger partial charge in [0.1, 0.15) is 6.04 Å². The molecular weight excluding hydrogens is 276 g/mol. The summed E-state index contributed by atoms with van der Waals surface area (Å²) in [6.07, 6.45) is 9.20. The van der Waals surface area contributed by atoms with Crippen LogP contribution in [0.3, 0.4) is 0 Å². The molecule has 0 spiro atoms. The van der Waals surface area contributed by atoms with Crippen LogP contribution in [-0.2, 0) is 4.79 Å². The highest BCUT2D eigenvalue weighted by Gasteiger charge is 2.25. The van der Waals surface area contributed by atoms with E-state index in [1.165, 1.54) is 12.8 Å². The number of aliphatic carboxylic acids is 1. The Balaban J connectivity index is 2.51. The normalized spacial score (nSPS) is 18.1. The zero-order chi connectivity index (χ0) is 15.0. The molecule has 0 aromatic carbocycles. The van der Waals surface area contributed by atoms with Gasteiger partial charge in [-0.05, 0) is 31.3 Å². The van der Waals surface area contributed by atoms with Crippen molar-refractivity contribution < 1.29 is 14.7 Å². The second-order valence-electron chi connectivity index (χ2n) is 5.38. The molecule has 0 radical (unpaired) electrons. The van der Waals surface area contributed by atoms with Gasteiger partial charge in [-0.2, -0.15) is 11.8 Å². The SMILES string of the molecule is CSCC[C@@H](NC(=O)N(C)C1CCCCCC1)C(=O)O. The maximum atomic E-state index is 12.2. The fourth-order valence-electron chi connectivity index (χ4n) is 2.55. The van der Waals surface area contributed by atoms with Crippen LogP contribution in [0.1, 0.15) is 44.9 Å². The molecule has 1 aliphatic carbocycles. The van der Waals surface area contributed by atoms with Gasteiger partial charge in [0, 0.05) is 13.1 Å². The van der Waals surface area contributed by atoms with Crippen molar-refractivity contribution in [3.8, 4) is 0 Å². The van der Waals surface area contributed by atoms with Crippen LogP contribution in [0.25, 0.3) is 0 Å². The highest BCUT2D eigenvalue weighted by molar-refractivity contribution is 7.98. The number of thioether (sulfide) groups is 1. The predicted molar refractivity (Wildman–Crippen MR) is 82.2 cm³/mol. The van der Waals surface area contributed by atoms with E-state index in [1.54, 1.807) is 23.7 Å². The number of carbonyl (C=O) groups is 2. The summed E-state index contributed by atoms with van der Waals surface area (Å²) in [4.78, 5) is 25.0. The van der Waals surface area contributed by atoms with Crippen molar-refractivity contribution in [3.05, 3.63) is 0 Å². The second-order valence-corrected chi connectivity index (χ2v) is 6.36. The average molecular weight is 302 g/mol. The molecule has 1 fully saturated rings. The Hall–Kier alpha value is -0.910. The summed E-state index contributed by atoms with van der Waals surface area (Å²) < 4.78 is 0. The Morgan fingerprint density at radius 1 is 1.30 bits per heavy atom. The van der Waals surface area contributed by atoms with Crippen molar-refractivity contribution >= 4 is 23.8 Å². The van der Waals surface area contributed by atoms with Crippen molar-refractivity contribution in [1.29, 1.82) is 0 Å². The van der Waals surface area contributed by atoms with Crippen LogP contribution in [0.15, 0.2) is 0 Å². The van der Waals surface area contributed by atoms with Crippen molar-refractivity contribution in [2.24, 2.45) is 0 Å². The van der Waals surface area contributed by atoms with E-state index in [4.69, 9.17) is 5.11 Å². The highest BCUT2D eigenvalue weighted by Crippen LogP contribution is 2.21. The maximum Gasteiger partial charge on any atom is 0.326 e. The van der Waals surface area contributed by atoms with Gasteiger partial charge in [0.05, 0.1) is 0 Å². The molecule has 0 saturated heterocycles. The lowest BCUT2D eigenvalue weighted by Gasteiger charge is -2.28. The van der Waals surface area contributed by atoms with Crippen LogP contribution in [0, 0.1) is 0 Å². The number of hydrogen-bond donors (Lipinski definition) is 2. The van der Waals surface area contributed by atoms with E-state index in [-0.39, 0.29) is 12.1 Å². The number of rotatable bonds is 6. The summed E-state index contributed by atoms with van der Waals surface area (Å²) in [5.41, 5.74) is 0. The van der Waals surface area contributed by atoms with Crippen molar-refractivity contribution in [2.75, 3.05) is 19.1 Å². The van der Waals surface area contributed by atoms with Gasteiger partial charge in [-0.15, -0.1) is 0 Å². The van der Waals surface area contributed by atoms with E-state index in [0.717, 1.165) is 31.4 Å². The molecule has 20 heavy (non-hydrogen) atoms. The standard InChI is InChI=1S/C14H26N2O3S/c1-16(11-7-5-3-4-6-8-11)14(19)15-12(13(17)18)9-10-20-2/h11-12H,3-10H2,1-2H3,(H,15,19)(H,17,18)/t12-/m1/s1. The van der Waals surface area contributed by atoms with E-state index in [2.05, 4.69) is 5.32 Å². The van der Waals surface area contributed by atoms with Gasteiger partial charge < -0.3 is 15.3 Å². The summed E-state index contributed by atoms with van der Waals surface area (Å²) in [6, 6.07) is -0.805. The van der Waals surface area contributed by atoms with Crippen LogP contribution in [0.2, 0.25) is 0 Å². The lowest BCUT2D eigenvalue weighted by atomic mass is 10.1. The van der Waals surface area contributed by atoms with E-state index in [1.807, 2.05) is 6.26 Å². The van der Waals surface area contributed by atoms with E-state index >= 15 is 0 Å². The number of carbonyl (C=O) groups excluding carboxylic acids is 1. The number of carboxylic acids is 1. The van der Waals surface area contributed by atoms with Crippen LogP contribution in [0.4, 0.5) is 4.79 Å². The molecule has 0 heterocycles. The number of hydrogen-bond acceptors (Lipinski definition) is 3. The molecule has 1 saturated carbocycles. The molecule has 2 amide bonds. The fourth-order valence-corrected chi connectivity index (χ4v) is 3.03. The molecule has 0 aliphatic heterocycles. The molecule has 116 valence electrons. The summed E-state index contributed by atoms with van der Waals surface area (Å²) in [7, 11) is 1.78. The van der Waals surface area contributed by atoms with E-state index in [9.17, 15) is 9.59 Å². The number of nitrogens with zero attached hydrogens (tertiary/aromatic N) is 1. The van der Waals surface area contributed by atoms with Crippen LogP contribution in [0.5, 0.6) is 0 Å². The zero-order valence-corrected chi connectivity index (χ0v) is 13.2. The molecule has 0 aromatic heterocycles. The largest absolute Gasteiger partial charge is 0.480 e. The third-order valence-corrected chi connectivity index (χ3v) is 4.54. The lowest BCUT2D eigenvalue weighted by Crippen LogP contribution is -2.49. The Labute approximate surface area is 125 Å². The van der Waals surface area contributed by atoms with Gasteiger partial charge in [-0.1, -0.05) is 25.7 Å². The number of carboxylic acid groups (broad SMARTS) is 1. The molecule has 1 atom stereocenters. The van der Waals surface area contributed by atoms with Gasteiger partial charge in [-0.3, -0.25) is 0 Å². The molecular formula is C14H26N2O3S. The first-order valence-electron chi connectivity index (χ1n) is 7.31. The Morgan fingerprint density at radius 3 is 2.40 bits per heavy atom. The summed E-state index contributed by atoms with van der Waals surface area (Å²) >= 11 is 1.59. The van der Waals surface area contributed by atoms with Crippen LogP contribution in [-0.4, -0.2) is 53.1 Å². The Morgan fingerprint density at radius 2 is 1.90 bits per heavy atom. The van der Waals surface area contributed by atoms with E-state index < -0.39 is 12.0 Å². The lowest BCUT2D eigenvalue weighted by molar-refractivity contribution is -0.139. The molecule has 1 aliphatic rings. The molecule has 0 aromatic rings. The topological polar surface area (TPSA) is 69.6 Å². The van der Waals surface area contributed by atoms with Gasteiger partial charge in [0.25, 0.3) is 0 Å². The highest BCUT2D eigenvalue weighted by atomic mass is 32.2. The minimum atomic E-state index is -0.957. The van der Waals surface area contributed by atoms with Gasteiger partial charge >= 0.3 is 12.0 Å². The molecule has 5 nitrogen and oxygen atoms in total. The predicted octanol–water partition coefficient (Wildman–Crippen LogP) is 2.56. The number of nitrogens with one attached hydrogen (secondary N) is 1. The molecule has 0 bridgehead atoms. The summed E-state index contributed by atoms with van der Waals surface area (Å²) in [6.45, 7) is 0. The summed E-state index contributed by atoms with van der Waals surface area (Å²) in [5, 5.41) is 11.8. The second kappa shape index (κ2) is 9.10. The zero-order valence-electron chi connectivity index (χ0n) is 12.4. The molecule has 2 N–H and O–H groups in total. The van der Waals surface area contributed by atoms with Gasteiger partial charge in [0.15, 0.2) is 0 Å². The molecule has 6 heteroatoms. The Kier molecular flexibility index (Phi) is 7.80.